The molecule has 0 aliphatic rings. The van der Waals surface area contributed by atoms with Crippen LogP contribution >= 0.6 is 12.2 Å². The Hall–Kier alpha value is -3.00. The summed E-state index contributed by atoms with van der Waals surface area (Å²) in [6.45, 7) is 3.53. The summed E-state index contributed by atoms with van der Waals surface area (Å²) in [5, 5.41) is 11.8. The first-order valence-corrected chi connectivity index (χ1v) is 9.79. The number of fused-ring (bicyclic) bond motifs is 1. The van der Waals surface area contributed by atoms with Crippen molar-refractivity contribution < 1.29 is 4.79 Å². The molecule has 2 aromatic carbocycles. The number of thiocarbonyl (C=S) groups is 1. The molecule has 0 fully saturated rings. The first-order valence-electron chi connectivity index (χ1n) is 9.38. The minimum atomic E-state index is -0.240. The van der Waals surface area contributed by atoms with Crippen LogP contribution in [0.2, 0.25) is 0 Å². The van der Waals surface area contributed by atoms with Crippen LogP contribution in [0, 0.1) is 0 Å². The average Bonchev–Trinajstić information content (AvgIpc) is 3.13. The molecule has 0 aliphatic carbocycles. The molecule has 0 saturated carbocycles. The van der Waals surface area contributed by atoms with E-state index in [0.29, 0.717) is 17.2 Å². The molecule has 1 amide bonds. The number of unbranched alkanes of at least 4 members (excludes halogenated alkanes) is 2. The summed E-state index contributed by atoms with van der Waals surface area (Å²) in [6, 6.07) is 15.2. The molecule has 0 saturated heterocycles. The third kappa shape index (κ3) is 5.26. The van der Waals surface area contributed by atoms with E-state index >= 15 is 0 Å². The zero-order valence-electron chi connectivity index (χ0n) is 15.8. The molecule has 3 rings (SSSR count). The standard InChI is InChI=1S/C20H24N6OS/c1-2-3-6-13-21-20(28)24-23-19(27)16-11-9-15(10-12-16)14-26-18-8-5-4-7-17(18)22-25-26/h4-5,7-12H,2-3,6,13-14H2,1H3,(H,23,27)(H2,21,24,28). The molecule has 146 valence electrons. The minimum Gasteiger partial charge on any atom is -0.361 e. The molecule has 0 radical (unpaired) electrons. The number of benzene rings is 2. The van der Waals surface area contributed by atoms with E-state index in [2.05, 4.69) is 33.4 Å². The highest BCUT2D eigenvalue weighted by Gasteiger charge is 2.08. The van der Waals surface area contributed by atoms with Gasteiger partial charge in [0, 0.05) is 12.1 Å². The summed E-state index contributed by atoms with van der Waals surface area (Å²) < 4.78 is 1.84. The number of amides is 1. The van der Waals surface area contributed by atoms with Crippen molar-refractivity contribution in [1.82, 2.24) is 31.2 Å². The molecule has 8 heteroatoms. The van der Waals surface area contributed by atoms with Gasteiger partial charge in [-0.1, -0.05) is 49.2 Å². The average molecular weight is 397 g/mol. The Kier molecular flexibility index (Phi) is 6.91. The molecule has 0 spiro atoms. The van der Waals surface area contributed by atoms with Gasteiger partial charge in [-0.05, 0) is 48.5 Å². The SMILES string of the molecule is CCCCCNC(=S)NNC(=O)c1ccc(Cn2nnc3ccccc32)cc1. The van der Waals surface area contributed by atoms with Crippen molar-refractivity contribution in [3.63, 3.8) is 0 Å². The van der Waals surface area contributed by atoms with Crippen molar-refractivity contribution in [3.05, 3.63) is 59.7 Å². The highest BCUT2D eigenvalue weighted by molar-refractivity contribution is 7.80. The van der Waals surface area contributed by atoms with E-state index in [1.165, 1.54) is 0 Å². The number of carbonyl (C=O) groups excluding carboxylic acids is 1. The summed E-state index contributed by atoms with van der Waals surface area (Å²) in [5.74, 6) is -0.240. The summed E-state index contributed by atoms with van der Waals surface area (Å²) in [4.78, 5) is 12.2. The molecule has 1 heterocycles. The van der Waals surface area contributed by atoms with Gasteiger partial charge in [-0.2, -0.15) is 0 Å². The summed E-state index contributed by atoms with van der Waals surface area (Å²) in [6.07, 6.45) is 3.36. The minimum absolute atomic E-state index is 0.240. The van der Waals surface area contributed by atoms with E-state index in [0.717, 1.165) is 42.4 Å². The lowest BCUT2D eigenvalue weighted by molar-refractivity contribution is 0.0943. The number of carbonyl (C=O) groups is 1. The Morgan fingerprint density at radius 1 is 1.07 bits per heavy atom. The quantitative estimate of drug-likeness (QED) is 0.324. The van der Waals surface area contributed by atoms with E-state index in [1.807, 2.05) is 41.1 Å². The third-order valence-electron chi connectivity index (χ3n) is 4.32. The van der Waals surface area contributed by atoms with Gasteiger partial charge in [-0.3, -0.25) is 15.6 Å². The second-order valence-corrected chi connectivity index (χ2v) is 6.88. The maximum Gasteiger partial charge on any atom is 0.269 e. The maximum absolute atomic E-state index is 12.2. The Labute approximate surface area is 169 Å². The van der Waals surface area contributed by atoms with E-state index < -0.39 is 0 Å². The zero-order valence-corrected chi connectivity index (χ0v) is 16.6. The molecule has 0 bridgehead atoms. The van der Waals surface area contributed by atoms with E-state index in [-0.39, 0.29) is 5.91 Å². The second kappa shape index (κ2) is 9.80. The fraction of sp³-hybridized carbons (Fsp3) is 0.300. The third-order valence-corrected chi connectivity index (χ3v) is 4.57. The number of nitrogens with one attached hydrogen (secondary N) is 3. The Morgan fingerprint density at radius 2 is 1.86 bits per heavy atom. The molecule has 3 N–H and O–H groups in total. The molecule has 0 atom stereocenters. The van der Waals surface area contributed by atoms with Crippen LogP contribution in [-0.4, -0.2) is 32.6 Å². The van der Waals surface area contributed by atoms with E-state index in [4.69, 9.17) is 12.2 Å². The van der Waals surface area contributed by atoms with Crippen LogP contribution in [0.4, 0.5) is 0 Å². The van der Waals surface area contributed by atoms with Gasteiger partial charge in [0.05, 0.1) is 12.1 Å². The van der Waals surface area contributed by atoms with Crippen LogP contribution in [0.25, 0.3) is 11.0 Å². The van der Waals surface area contributed by atoms with Crippen LogP contribution < -0.4 is 16.2 Å². The van der Waals surface area contributed by atoms with Gasteiger partial charge in [0.25, 0.3) is 5.91 Å². The molecule has 0 aliphatic heterocycles. The zero-order chi connectivity index (χ0) is 19.8. The number of aromatic nitrogens is 3. The summed E-state index contributed by atoms with van der Waals surface area (Å²) >= 11 is 5.14. The smallest absolute Gasteiger partial charge is 0.269 e. The number of hydrogen-bond donors (Lipinski definition) is 3. The van der Waals surface area contributed by atoms with E-state index in [1.54, 1.807) is 12.1 Å². The van der Waals surface area contributed by atoms with Crippen molar-refractivity contribution in [1.29, 1.82) is 0 Å². The van der Waals surface area contributed by atoms with Crippen LogP contribution in [0.5, 0.6) is 0 Å². The van der Waals surface area contributed by atoms with Crippen LogP contribution in [-0.2, 0) is 6.54 Å². The topological polar surface area (TPSA) is 83.9 Å². The largest absolute Gasteiger partial charge is 0.361 e. The summed E-state index contributed by atoms with van der Waals surface area (Å²) in [7, 11) is 0. The highest BCUT2D eigenvalue weighted by Crippen LogP contribution is 2.12. The Balaban J connectivity index is 1.51. The van der Waals surface area contributed by atoms with Crippen LogP contribution in [0.1, 0.15) is 42.1 Å². The van der Waals surface area contributed by atoms with Gasteiger partial charge in [-0.15, -0.1) is 5.10 Å². The van der Waals surface area contributed by atoms with Gasteiger partial charge >= 0.3 is 0 Å². The monoisotopic (exact) mass is 396 g/mol. The number of para-hydroxylation sites is 1. The predicted molar refractivity (Wildman–Crippen MR) is 114 cm³/mol. The van der Waals surface area contributed by atoms with Gasteiger partial charge in [0.1, 0.15) is 5.52 Å². The highest BCUT2D eigenvalue weighted by atomic mass is 32.1. The molecular formula is C20H24N6OS. The van der Waals surface area contributed by atoms with Gasteiger partial charge in [0.2, 0.25) is 0 Å². The predicted octanol–water partition coefficient (Wildman–Crippen LogP) is 2.78. The van der Waals surface area contributed by atoms with Crippen molar-refractivity contribution in [2.24, 2.45) is 0 Å². The lowest BCUT2D eigenvalue weighted by atomic mass is 10.1. The molecule has 1 aromatic heterocycles. The first-order chi connectivity index (χ1) is 13.7. The second-order valence-electron chi connectivity index (χ2n) is 6.47. The first kappa shape index (κ1) is 19.8. The van der Waals surface area contributed by atoms with Crippen molar-refractivity contribution in [3.8, 4) is 0 Å². The molecule has 3 aromatic rings. The maximum atomic E-state index is 12.2. The van der Waals surface area contributed by atoms with Gasteiger partial charge < -0.3 is 5.32 Å². The van der Waals surface area contributed by atoms with Gasteiger partial charge in [-0.25, -0.2) is 4.68 Å². The number of hydrazine groups is 1. The van der Waals surface area contributed by atoms with Crippen LogP contribution in [0.3, 0.4) is 0 Å². The fourth-order valence-corrected chi connectivity index (χ4v) is 2.93. The van der Waals surface area contributed by atoms with Crippen molar-refractivity contribution in [2.45, 2.75) is 32.7 Å². The summed E-state index contributed by atoms with van der Waals surface area (Å²) in [5.41, 5.74) is 8.77. The van der Waals surface area contributed by atoms with Crippen LogP contribution in [0.15, 0.2) is 48.5 Å². The molecular weight excluding hydrogens is 372 g/mol. The molecule has 7 nitrogen and oxygen atoms in total. The Bertz CT molecular complexity index is 937. The van der Waals surface area contributed by atoms with Gasteiger partial charge in [0.15, 0.2) is 5.11 Å². The lowest BCUT2D eigenvalue weighted by Gasteiger charge is -2.11. The Morgan fingerprint density at radius 3 is 2.64 bits per heavy atom. The lowest BCUT2D eigenvalue weighted by Crippen LogP contribution is -2.46. The molecule has 28 heavy (non-hydrogen) atoms. The number of rotatable bonds is 7. The number of hydrogen-bond acceptors (Lipinski definition) is 4. The normalized spacial score (nSPS) is 10.6. The van der Waals surface area contributed by atoms with Crippen molar-refractivity contribution in [2.75, 3.05) is 6.54 Å². The fourth-order valence-electron chi connectivity index (χ4n) is 2.78. The molecule has 0 unspecified atom stereocenters. The van der Waals surface area contributed by atoms with E-state index in [9.17, 15) is 4.79 Å². The number of nitrogens with zero attached hydrogens (tertiary/aromatic N) is 3. The van der Waals surface area contributed by atoms with Crippen molar-refractivity contribution >= 4 is 34.3 Å².